The Morgan fingerprint density at radius 3 is 2.60 bits per heavy atom. The molecular weight excluding hydrogens is 280 g/mol. The van der Waals surface area contributed by atoms with E-state index in [0.29, 0.717) is 11.3 Å². The maximum Gasteiger partial charge on any atom is 0.356 e. The second-order valence-electron chi connectivity index (χ2n) is 4.67. The second kappa shape index (κ2) is 4.45. The average molecular weight is 292 g/mol. The second-order valence-corrected chi connectivity index (χ2v) is 6.85. The molecule has 1 aromatic carbocycles. The summed E-state index contributed by atoms with van der Waals surface area (Å²) in [6.45, 7) is 0. The number of hydrogen-bond acceptors (Lipinski definition) is 4. The highest BCUT2D eigenvalue weighted by atomic mass is 32.2. The molecule has 0 saturated heterocycles. The van der Waals surface area contributed by atoms with Gasteiger partial charge in [0.05, 0.1) is 22.9 Å². The molecule has 0 aliphatic carbocycles. The number of carboxylic acid groups (broad SMARTS) is 1. The Morgan fingerprint density at radius 1 is 1.25 bits per heavy atom. The summed E-state index contributed by atoms with van der Waals surface area (Å²) in [5, 5.41) is 13.3. The van der Waals surface area contributed by atoms with Crippen molar-refractivity contribution >= 4 is 15.8 Å². The summed E-state index contributed by atoms with van der Waals surface area (Å²) in [6.07, 6.45) is 0.285. The lowest BCUT2D eigenvalue weighted by Gasteiger charge is -2.14. The molecule has 20 heavy (non-hydrogen) atoms. The standard InChI is InChI=1S/C13H12N2O4S/c16-13(17)12-10-8-20(18,19)7-6-11(10)15(14-12)9-4-2-1-3-5-9/h1-5H,6-8H2,(H,16,17). The lowest BCUT2D eigenvalue weighted by atomic mass is 10.1. The van der Waals surface area contributed by atoms with Crippen molar-refractivity contribution in [3.05, 3.63) is 47.3 Å². The van der Waals surface area contributed by atoms with E-state index in [2.05, 4.69) is 5.10 Å². The van der Waals surface area contributed by atoms with Gasteiger partial charge >= 0.3 is 5.97 Å². The quantitative estimate of drug-likeness (QED) is 0.893. The number of benzene rings is 1. The summed E-state index contributed by atoms with van der Waals surface area (Å²) >= 11 is 0. The van der Waals surface area contributed by atoms with Crippen LogP contribution in [0.25, 0.3) is 5.69 Å². The van der Waals surface area contributed by atoms with Gasteiger partial charge in [-0.15, -0.1) is 0 Å². The van der Waals surface area contributed by atoms with Crippen LogP contribution in [-0.4, -0.2) is 35.0 Å². The third kappa shape index (κ3) is 2.09. The molecule has 1 aliphatic rings. The van der Waals surface area contributed by atoms with E-state index in [-0.39, 0.29) is 23.6 Å². The van der Waals surface area contributed by atoms with Gasteiger partial charge in [-0.05, 0) is 12.1 Å². The molecule has 7 heteroatoms. The molecular formula is C13H12N2O4S. The van der Waals surface area contributed by atoms with E-state index in [1.807, 2.05) is 30.3 Å². The van der Waals surface area contributed by atoms with E-state index in [0.717, 1.165) is 5.69 Å². The largest absolute Gasteiger partial charge is 0.476 e. The minimum absolute atomic E-state index is 0.0254. The van der Waals surface area contributed by atoms with Crippen molar-refractivity contribution in [3.8, 4) is 5.69 Å². The van der Waals surface area contributed by atoms with E-state index in [1.165, 1.54) is 4.68 Å². The Kier molecular flexibility index (Phi) is 2.86. The van der Waals surface area contributed by atoms with E-state index in [4.69, 9.17) is 0 Å². The Labute approximate surface area is 115 Å². The molecule has 0 bridgehead atoms. The summed E-state index contributed by atoms with van der Waals surface area (Å²) < 4.78 is 24.9. The number of sulfone groups is 1. The number of nitrogens with zero attached hydrogens (tertiary/aromatic N) is 2. The third-order valence-electron chi connectivity index (χ3n) is 3.31. The zero-order valence-corrected chi connectivity index (χ0v) is 11.3. The average Bonchev–Trinajstić information content (AvgIpc) is 2.77. The first-order valence-electron chi connectivity index (χ1n) is 6.08. The van der Waals surface area contributed by atoms with Gasteiger partial charge < -0.3 is 5.11 Å². The van der Waals surface area contributed by atoms with Crippen LogP contribution in [0, 0.1) is 0 Å². The van der Waals surface area contributed by atoms with Crippen LogP contribution >= 0.6 is 0 Å². The van der Waals surface area contributed by atoms with Crippen molar-refractivity contribution in [2.75, 3.05) is 5.75 Å². The Morgan fingerprint density at radius 2 is 1.95 bits per heavy atom. The van der Waals surface area contributed by atoms with Gasteiger partial charge in [0.2, 0.25) is 0 Å². The number of carbonyl (C=O) groups is 1. The molecule has 6 nitrogen and oxygen atoms in total. The Hall–Kier alpha value is -2.15. The van der Waals surface area contributed by atoms with Gasteiger partial charge in [-0.2, -0.15) is 5.10 Å². The Bertz CT molecular complexity index is 778. The molecule has 2 heterocycles. The van der Waals surface area contributed by atoms with Crippen LogP contribution in [0.1, 0.15) is 21.7 Å². The molecule has 0 spiro atoms. The minimum Gasteiger partial charge on any atom is -0.476 e. The number of rotatable bonds is 2. The predicted molar refractivity (Wildman–Crippen MR) is 71.7 cm³/mol. The molecule has 3 rings (SSSR count). The van der Waals surface area contributed by atoms with Gasteiger partial charge in [0, 0.05) is 12.0 Å². The lowest BCUT2D eigenvalue weighted by Crippen LogP contribution is -2.21. The van der Waals surface area contributed by atoms with Crippen LogP contribution in [0.5, 0.6) is 0 Å². The minimum atomic E-state index is -3.24. The van der Waals surface area contributed by atoms with Gasteiger partial charge in [0.25, 0.3) is 0 Å². The van der Waals surface area contributed by atoms with Crippen LogP contribution in [0.3, 0.4) is 0 Å². The van der Waals surface area contributed by atoms with Gasteiger partial charge in [0.1, 0.15) is 0 Å². The summed E-state index contributed by atoms with van der Waals surface area (Å²) in [5.74, 6) is -1.43. The first kappa shape index (κ1) is 12.9. The summed E-state index contributed by atoms with van der Waals surface area (Å²) in [6, 6.07) is 9.11. The van der Waals surface area contributed by atoms with Gasteiger partial charge in [-0.25, -0.2) is 17.9 Å². The lowest BCUT2D eigenvalue weighted by molar-refractivity contribution is 0.0689. The predicted octanol–water partition coefficient (Wildman–Crippen LogP) is 1.04. The maximum atomic E-state index is 11.7. The summed E-state index contributed by atoms with van der Waals surface area (Å²) in [5.41, 5.74) is 1.54. The van der Waals surface area contributed by atoms with Crippen molar-refractivity contribution in [2.45, 2.75) is 12.2 Å². The molecule has 2 aromatic rings. The van der Waals surface area contributed by atoms with E-state index < -0.39 is 15.8 Å². The topological polar surface area (TPSA) is 89.3 Å². The van der Waals surface area contributed by atoms with Gasteiger partial charge in [-0.1, -0.05) is 18.2 Å². The number of aromatic nitrogens is 2. The summed E-state index contributed by atoms with van der Waals surface area (Å²) in [7, 11) is -3.24. The fourth-order valence-corrected chi connectivity index (χ4v) is 3.78. The number of carboxylic acids is 1. The number of hydrogen-bond donors (Lipinski definition) is 1. The number of fused-ring (bicyclic) bond motifs is 1. The van der Waals surface area contributed by atoms with Crippen molar-refractivity contribution < 1.29 is 18.3 Å². The van der Waals surface area contributed by atoms with Crippen molar-refractivity contribution in [3.63, 3.8) is 0 Å². The van der Waals surface area contributed by atoms with E-state index in [9.17, 15) is 18.3 Å². The van der Waals surface area contributed by atoms with E-state index in [1.54, 1.807) is 0 Å². The van der Waals surface area contributed by atoms with Crippen LogP contribution in [0.2, 0.25) is 0 Å². The number of para-hydroxylation sites is 1. The van der Waals surface area contributed by atoms with Crippen LogP contribution < -0.4 is 0 Å². The van der Waals surface area contributed by atoms with Crippen molar-refractivity contribution in [2.24, 2.45) is 0 Å². The first-order valence-corrected chi connectivity index (χ1v) is 7.90. The SMILES string of the molecule is O=C(O)c1nn(-c2ccccc2)c2c1CS(=O)(=O)CC2. The van der Waals surface area contributed by atoms with Crippen LogP contribution in [0.15, 0.2) is 30.3 Å². The maximum absolute atomic E-state index is 11.7. The molecule has 0 saturated carbocycles. The van der Waals surface area contributed by atoms with Crippen LogP contribution in [0.4, 0.5) is 0 Å². The van der Waals surface area contributed by atoms with E-state index >= 15 is 0 Å². The zero-order chi connectivity index (χ0) is 14.3. The van der Waals surface area contributed by atoms with Gasteiger partial charge in [0.15, 0.2) is 15.5 Å². The van der Waals surface area contributed by atoms with Crippen LogP contribution in [-0.2, 0) is 22.0 Å². The highest BCUT2D eigenvalue weighted by molar-refractivity contribution is 7.90. The highest BCUT2D eigenvalue weighted by Crippen LogP contribution is 2.26. The molecule has 1 N–H and O–H groups in total. The molecule has 1 aromatic heterocycles. The molecule has 0 unspecified atom stereocenters. The monoisotopic (exact) mass is 292 g/mol. The molecule has 0 fully saturated rings. The third-order valence-corrected chi connectivity index (χ3v) is 4.86. The Balaban J connectivity index is 2.22. The van der Waals surface area contributed by atoms with Crippen molar-refractivity contribution in [1.82, 2.24) is 9.78 Å². The van der Waals surface area contributed by atoms with Crippen molar-refractivity contribution in [1.29, 1.82) is 0 Å². The smallest absolute Gasteiger partial charge is 0.356 e. The molecule has 0 atom stereocenters. The number of aromatic carboxylic acids is 1. The molecule has 104 valence electrons. The molecule has 1 aliphatic heterocycles. The highest BCUT2D eigenvalue weighted by Gasteiger charge is 2.31. The normalized spacial score (nSPS) is 16.6. The first-order chi connectivity index (χ1) is 9.48. The van der Waals surface area contributed by atoms with Gasteiger partial charge in [-0.3, -0.25) is 0 Å². The summed E-state index contributed by atoms with van der Waals surface area (Å²) in [4.78, 5) is 11.3. The molecule has 0 amide bonds. The fourth-order valence-electron chi connectivity index (χ4n) is 2.39. The zero-order valence-electron chi connectivity index (χ0n) is 10.5. The fraction of sp³-hybridized carbons (Fsp3) is 0.231. The molecule has 0 radical (unpaired) electrons.